The summed E-state index contributed by atoms with van der Waals surface area (Å²) in [6, 6.07) is 20.8. The Morgan fingerprint density at radius 1 is 0.857 bits per heavy atom. The molecule has 0 saturated heterocycles. The molecule has 144 valence electrons. The standard InChI is InChI=1S/C25H29N3/c26-24(27-12-11-19-7-3-1-4-8-19)28(23-9-5-2-6-10-23)25-16-20-13-21(17-25)15-22(14-20)18-25/h1-12,20-22H,13-18H2,(H2,26,27)/b12-11+. The fourth-order valence-electron chi connectivity index (χ4n) is 6.40. The molecule has 0 aliphatic heterocycles. The number of nitrogens with zero attached hydrogens (tertiary/aromatic N) is 1. The number of hydrogen-bond donors (Lipinski definition) is 2. The number of hydrogen-bond acceptors (Lipinski definition) is 1. The monoisotopic (exact) mass is 371 g/mol. The van der Waals surface area contributed by atoms with Crippen LogP contribution in [0.3, 0.4) is 0 Å². The summed E-state index contributed by atoms with van der Waals surface area (Å²) in [6.07, 6.45) is 11.9. The predicted molar refractivity (Wildman–Crippen MR) is 116 cm³/mol. The van der Waals surface area contributed by atoms with Gasteiger partial charge in [-0.05, 0) is 80.1 Å². The molecule has 4 aliphatic carbocycles. The van der Waals surface area contributed by atoms with E-state index < -0.39 is 0 Å². The van der Waals surface area contributed by atoms with Crippen molar-refractivity contribution < 1.29 is 0 Å². The second kappa shape index (κ2) is 7.12. The summed E-state index contributed by atoms with van der Waals surface area (Å²) in [5.41, 5.74) is 2.40. The van der Waals surface area contributed by atoms with Gasteiger partial charge in [-0.3, -0.25) is 5.41 Å². The smallest absolute Gasteiger partial charge is 0.200 e. The van der Waals surface area contributed by atoms with Crippen LogP contribution in [0.4, 0.5) is 5.69 Å². The molecule has 4 saturated carbocycles. The van der Waals surface area contributed by atoms with Crippen LogP contribution < -0.4 is 10.2 Å². The fourth-order valence-corrected chi connectivity index (χ4v) is 6.40. The molecule has 0 atom stereocenters. The number of benzene rings is 2. The molecule has 0 aromatic heterocycles. The Labute approximate surface area is 168 Å². The maximum atomic E-state index is 8.95. The lowest BCUT2D eigenvalue weighted by atomic mass is 9.52. The Hall–Kier alpha value is -2.55. The molecule has 2 N–H and O–H groups in total. The van der Waals surface area contributed by atoms with Crippen molar-refractivity contribution in [1.82, 2.24) is 5.32 Å². The van der Waals surface area contributed by atoms with Gasteiger partial charge in [-0.1, -0.05) is 48.5 Å². The Bertz CT molecular complexity index is 821. The Morgan fingerprint density at radius 3 is 1.96 bits per heavy atom. The van der Waals surface area contributed by atoms with Crippen LogP contribution in [0.5, 0.6) is 0 Å². The van der Waals surface area contributed by atoms with Gasteiger partial charge < -0.3 is 10.2 Å². The lowest BCUT2D eigenvalue weighted by molar-refractivity contribution is 0.00154. The van der Waals surface area contributed by atoms with Crippen molar-refractivity contribution in [3.05, 3.63) is 72.4 Å². The number of guanidine groups is 1. The molecular weight excluding hydrogens is 342 g/mol. The van der Waals surface area contributed by atoms with Gasteiger partial charge in [0.1, 0.15) is 0 Å². The highest BCUT2D eigenvalue weighted by Crippen LogP contribution is 2.58. The minimum absolute atomic E-state index is 0.112. The average molecular weight is 372 g/mol. The molecule has 0 heterocycles. The second-order valence-electron chi connectivity index (χ2n) is 9.05. The van der Waals surface area contributed by atoms with Crippen LogP contribution in [0.15, 0.2) is 66.9 Å². The van der Waals surface area contributed by atoms with Gasteiger partial charge in [-0.2, -0.15) is 0 Å². The molecular formula is C25H29N3. The van der Waals surface area contributed by atoms with E-state index in [-0.39, 0.29) is 5.54 Å². The van der Waals surface area contributed by atoms with Crippen molar-refractivity contribution in [3.8, 4) is 0 Å². The topological polar surface area (TPSA) is 39.1 Å². The van der Waals surface area contributed by atoms with E-state index >= 15 is 0 Å². The van der Waals surface area contributed by atoms with E-state index in [0.29, 0.717) is 5.96 Å². The molecule has 4 bridgehead atoms. The fraction of sp³-hybridized carbons (Fsp3) is 0.400. The first kappa shape index (κ1) is 17.5. The van der Waals surface area contributed by atoms with Crippen LogP contribution in [0.25, 0.3) is 6.08 Å². The second-order valence-corrected chi connectivity index (χ2v) is 9.05. The summed E-state index contributed by atoms with van der Waals surface area (Å²) in [6.45, 7) is 0. The van der Waals surface area contributed by atoms with Crippen molar-refractivity contribution in [2.75, 3.05) is 4.90 Å². The first-order chi connectivity index (χ1) is 13.7. The van der Waals surface area contributed by atoms with E-state index in [2.05, 4.69) is 52.7 Å². The largest absolute Gasteiger partial charge is 0.333 e. The van der Waals surface area contributed by atoms with E-state index in [0.717, 1.165) is 29.0 Å². The molecule has 3 nitrogen and oxygen atoms in total. The molecule has 2 aromatic carbocycles. The van der Waals surface area contributed by atoms with Crippen molar-refractivity contribution in [3.63, 3.8) is 0 Å². The number of rotatable bonds is 4. The van der Waals surface area contributed by atoms with E-state index in [1.165, 1.54) is 38.5 Å². The predicted octanol–water partition coefficient (Wildman–Crippen LogP) is 5.66. The number of para-hydroxylation sites is 1. The van der Waals surface area contributed by atoms with E-state index in [4.69, 9.17) is 5.41 Å². The third-order valence-electron chi connectivity index (χ3n) is 7.01. The summed E-state index contributed by atoms with van der Waals surface area (Å²) < 4.78 is 0. The van der Waals surface area contributed by atoms with Gasteiger partial charge in [0.05, 0.1) is 0 Å². The zero-order valence-corrected chi connectivity index (χ0v) is 16.4. The maximum absolute atomic E-state index is 8.95. The average Bonchev–Trinajstić information content (AvgIpc) is 2.68. The van der Waals surface area contributed by atoms with Crippen molar-refractivity contribution >= 4 is 17.7 Å². The third-order valence-corrected chi connectivity index (χ3v) is 7.01. The summed E-state index contributed by atoms with van der Waals surface area (Å²) >= 11 is 0. The highest BCUT2D eigenvalue weighted by molar-refractivity contribution is 5.96. The summed E-state index contributed by atoms with van der Waals surface area (Å²) in [5, 5.41) is 12.2. The van der Waals surface area contributed by atoms with Crippen LogP contribution in [-0.2, 0) is 0 Å². The third kappa shape index (κ3) is 3.23. The van der Waals surface area contributed by atoms with Gasteiger partial charge in [0, 0.05) is 17.4 Å². The molecule has 0 amide bonds. The summed E-state index contributed by atoms with van der Waals surface area (Å²) in [5.74, 6) is 3.06. The molecule has 3 heteroatoms. The first-order valence-electron chi connectivity index (χ1n) is 10.6. The molecule has 0 unspecified atom stereocenters. The zero-order valence-electron chi connectivity index (χ0n) is 16.4. The van der Waals surface area contributed by atoms with Crippen molar-refractivity contribution in [1.29, 1.82) is 5.41 Å². The number of anilines is 1. The molecule has 4 aliphatic rings. The minimum Gasteiger partial charge on any atom is -0.333 e. The van der Waals surface area contributed by atoms with Crippen LogP contribution in [0.2, 0.25) is 0 Å². The first-order valence-corrected chi connectivity index (χ1v) is 10.6. The van der Waals surface area contributed by atoms with Gasteiger partial charge >= 0.3 is 0 Å². The van der Waals surface area contributed by atoms with Crippen LogP contribution in [0, 0.1) is 23.2 Å². The molecule has 0 spiro atoms. The molecule has 6 rings (SSSR count). The van der Waals surface area contributed by atoms with Crippen LogP contribution in [-0.4, -0.2) is 11.5 Å². The minimum atomic E-state index is 0.112. The Morgan fingerprint density at radius 2 is 1.39 bits per heavy atom. The van der Waals surface area contributed by atoms with Crippen LogP contribution in [0.1, 0.15) is 44.1 Å². The van der Waals surface area contributed by atoms with Crippen molar-refractivity contribution in [2.45, 2.75) is 44.1 Å². The zero-order chi connectivity index (χ0) is 19.0. The lowest BCUT2D eigenvalue weighted by Gasteiger charge is -2.60. The lowest BCUT2D eigenvalue weighted by Crippen LogP contribution is -2.63. The Balaban J connectivity index is 1.42. The highest BCUT2D eigenvalue weighted by atomic mass is 15.3. The summed E-state index contributed by atoms with van der Waals surface area (Å²) in [4.78, 5) is 2.33. The molecule has 0 radical (unpaired) electrons. The van der Waals surface area contributed by atoms with E-state index in [1.807, 2.05) is 30.5 Å². The molecule has 2 aromatic rings. The quantitative estimate of drug-likeness (QED) is 0.538. The van der Waals surface area contributed by atoms with Crippen LogP contribution >= 0.6 is 0 Å². The van der Waals surface area contributed by atoms with E-state index in [1.54, 1.807) is 0 Å². The highest BCUT2D eigenvalue weighted by Gasteiger charge is 2.54. The molecule has 28 heavy (non-hydrogen) atoms. The van der Waals surface area contributed by atoms with Gasteiger partial charge in [-0.15, -0.1) is 0 Å². The van der Waals surface area contributed by atoms with Gasteiger partial charge in [-0.25, -0.2) is 0 Å². The molecule has 4 fully saturated rings. The summed E-state index contributed by atoms with van der Waals surface area (Å²) in [7, 11) is 0. The normalized spacial score (nSPS) is 30.5. The van der Waals surface area contributed by atoms with E-state index in [9.17, 15) is 0 Å². The van der Waals surface area contributed by atoms with Crippen molar-refractivity contribution in [2.24, 2.45) is 17.8 Å². The van der Waals surface area contributed by atoms with Gasteiger partial charge in [0.15, 0.2) is 5.96 Å². The van der Waals surface area contributed by atoms with Gasteiger partial charge in [0.25, 0.3) is 0 Å². The Kier molecular flexibility index (Phi) is 4.46. The van der Waals surface area contributed by atoms with Gasteiger partial charge in [0.2, 0.25) is 0 Å². The maximum Gasteiger partial charge on any atom is 0.200 e. The SMILES string of the molecule is N=C(N/C=C/c1ccccc1)N(c1ccccc1)C12CC3CC(CC(C3)C1)C2. The number of nitrogens with one attached hydrogen (secondary N) is 2.